The topological polar surface area (TPSA) is 90.0 Å². The van der Waals surface area contributed by atoms with Gasteiger partial charge in [0.1, 0.15) is 6.54 Å². The highest BCUT2D eigenvalue weighted by Crippen LogP contribution is 2.23. The molecular weight excluding hydrogens is 392 g/mol. The number of methoxy groups -OCH3 is 1. The van der Waals surface area contributed by atoms with E-state index in [1.54, 1.807) is 31.4 Å². The number of nitrogens with zero attached hydrogens (tertiary/aromatic N) is 3. The third kappa shape index (κ3) is 4.12. The quantitative estimate of drug-likeness (QED) is 0.529. The Morgan fingerprint density at radius 2 is 1.83 bits per heavy atom. The smallest absolute Gasteiger partial charge is 0.271 e. The average Bonchev–Trinajstić information content (AvgIpc) is 3.47. The number of quaternary nitrogens is 1. The maximum absolute atomic E-state index is 12.6. The first-order chi connectivity index (χ1) is 14.2. The van der Waals surface area contributed by atoms with Gasteiger partial charge in [-0.15, -0.1) is 21.5 Å². The summed E-state index contributed by atoms with van der Waals surface area (Å²) in [4.78, 5) is 28.4. The molecule has 150 valence electrons. The number of amides is 2. The molecule has 0 bridgehead atoms. The van der Waals surface area contributed by atoms with E-state index in [1.807, 2.05) is 17.5 Å². The molecule has 1 aliphatic rings. The molecule has 3 heterocycles. The van der Waals surface area contributed by atoms with Crippen molar-refractivity contribution in [1.29, 1.82) is 0 Å². The van der Waals surface area contributed by atoms with Crippen molar-refractivity contribution in [2.75, 3.05) is 33.4 Å². The van der Waals surface area contributed by atoms with Gasteiger partial charge in [-0.05, 0) is 23.6 Å². The molecule has 1 unspecified atom stereocenters. The number of imide groups is 1. The molecule has 3 aromatic rings. The van der Waals surface area contributed by atoms with Crippen LogP contribution in [-0.4, -0.2) is 60.3 Å². The Hall–Kier alpha value is -2.88. The number of hydrogen-bond donors (Lipinski definition) is 1. The van der Waals surface area contributed by atoms with Crippen LogP contribution in [0.2, 0.25) is 0 Å². The number of ether oxygens (including phenoxy) is 1. The predicted octanol–water partition coefficient (Wildman–Crippen LogP) is 1.13. The summed E-state index contributed by atoms with van der Waals surface area (Å²) in [7, 11) is 1.64. The molecule has 29 heavy (non-hydrogen) atoms. The minimum absolute atomic E-state index is 0.241. The number of rotatable bonds is 9. The predicted molar refractivity (Wildman–Crippen MR) is 106 cm³/mol. The fraction of sp³-hybridized carbons (Fsp3) is 0.300. The van der Waals surface area contributed by atoms with Gasteiger partial charge in [0.2, 0.25) is 0 Å². The van der Waals surface area contributed by atoms with Crippen LogP contribution in [0.15, 0.2) is 46.2 Å². The van der Waals surface area contributed by atoms with Gasteiger partial charge in [0.25, 0.3) is 23.6 Å². The van der Waals surface area contributed by atoms with E-state index in [0.717, 1.165) is 9.78 Å². The average molecular weight is 413 g/mol. The molecule has 1 atom stereocenters. The summed E-state index contributed by atoms with van der Waals surface area (Å²) < 4.78 is 11.0. The Bertz CT molecular complexity index is 967. The molecule has 4 rings (SSSR count). The summed E-state index contributed by atoms with van der Waals surface area (Å²) in [5, 5.41) is 10.2. The minimum atomic E-state index is -0.241. The number of aromatic nitrogens is 2. The van der Waals surface area contributed by atoms with Gasteiger partial charge in [-0.1, -0.05) is 18.2 Å². The van der Waals surface area contributed by atoms with E-state index in [-0.39, 0.29) is 11.8 Å². The standard InChI is InChI=1S/C20H20N4O4S/c1-27-11-10-23(13-17-21-22-18(28-17)16-7-4-12-29-16)8-9-24-19(25)14-5-2-3-6-15(14)20(24)26/h2-7,12H,8-11,13H2,1H3/p+1. The molecule has 0 saturated carbocycles. The first kappa shape index (κ1) is 19.4. The van der Waals surface area contributed by atoms with Crippen molar-refractivity contribution >= 4 is 23.2 Å². The largest absolute Gasteiger partial charge is 0.414 e. The van der Waals surface area contributed by atoms with E-state index in [0.29, 0.717) is 55.7 Å². The summed E-state index contributed by atoms with van der Waals surface area (Å²) in [5.41, 5.74) is 0.932. The zero-order valence-electron chi connectivity index (χ0n) is 16.0. The fourth-order valence-corrected chi connectivity index (χ4v) is 3.94. The molecule has 0 saturated heterocycles. The minimum Gasteiger partial charge on any atom is -0.414 e. The van der Waals surface area contributed by atoms with Crippen molar-refractivity contribution in [2.24, 2.45) is 0 Å². The fourth-order valence-electron chi connectivity index (χ4n) is 3.30. The molecule has 2 aromatic heterocycles. The lowest BCUT2D eigenvalue weighted by molar-refractivity contribution is -0.914. The van der Waals surface area contributed by atoms with Crippen LogP contribution < -0.4 is 4.90 Å². The second kappa shape index (κ2) is 8.64. The number of hydrogen-bond acceptors (Lipinski definition) is 7. The van der Waals surface area contributed by atoms with Crippen molar-refractivity contribution in [3.05, 3.63) is 58.8 Å². The van der Waals surface area contributed by atoms with Crippen LogP contribution in [0.4, 0.5) is 0 Å². The lowest BCUT2D eigenvalue weighted by atomic mass is 10.1. The zero-order valence-corrected chi connectivity index (χ0v) is 16.8. The summed E-state index contributed by atoms with van der Waals surface area (Å²) in [6.45, 7) is 2.60. The van der Waals surface area contributed by atoms with Gasteiger partial charge in [0.15, 0.2) is 6.54 Å². The number of benzene rings is 1. The Kier molecular flexibility index (Phi) is 5.79. The van der Waals surface area contributed by atoms with Crippen molar-refractivity contribution in [3.63, 3.8) is 0 Å². The Morgan fingerprint density at radius 3 is 2.48 bits per heavy atom. The second-order valence-corrected chi connectivity index (χ2v) is 7.65. The van der Waals surface area contributed by atoms with Crippen molar-refractivity contribution < 1.29 is 23.6 Å². The number of fused-ring (bicyclic) bond motifs is 1. The van der Waals surface area contributed by atoms with Gasteiger partial charge in [0.05, 0.1) is 35.7 Å². The van der Waals surface area contributed by atoms with E-state index >= 15 is 0 Å². The normalized spacial score (nSPS) is 14.4. The highest BCUT2D eigenvalue weighted by atomic mass is 32.1. The summed E-state index contributed by atoms with van der Waals surface area (Å²) >= 11 is 1.54. The molecule has 2 amide bonds. The number of carbonyl (C=O) groups excluding carboxylic acids is 2. The van der Waals surface area contributed by atoms with Gasteiger partial charge in [0, 0.05) is 7.11 Å². The van der Waals surface area contributed by atoms with Crippen LogP contribution in [0.1, 0.15) is 26.6 Å². The van der Waals surface area contributed by atoms with Crippen LogP contribution in [0.5, 0.6) is 0 Å². The molecule has 9 heteroatoms. The van der Waals surface area contributed by atoms with Crippen molar-refractivity contribution in [2.45, 2.75) is 6.54 Å². The highest BCUT2D eigenvalue weighted by Gasteiger charge is 2.35. The van der Waals surface area contributed by atoms with Gasteiger partial charge in [-0.25, -0.2) is 0 Å². The lowest BCUT2D eigenvalue weighted by Crippen LogP contribution is -3.12. The van der Waals surface area contributed by atoms with Gasteiger partial charge < -0.3 is 14.1 Å². The first-order valence-corrected chi connectivity index (χ1v) is 10.2. The maximum Gasteiger partial charge on any atom is 0.271 e. The molecule has 0 spiro atoms. The summed E-state index contributed by atoms with van der Waals surface area (Å²) in [5.74, 6) is 0.534. The molecular formula is C20H21N4O4S+. The van der Waals surface area contributed by atoms with Crippen LogP contribution in [0.25, 0.3) is 10.8 Å². The van der Waals surface area contributed by atoms with E-state index < -0.39 is 0 Å². The monoisotopic (exact) mass is 413 g/mol. The number of nitrogens with one attached hydrogen (secondary N) is 1. The molecule has 0 fully saturated rings. The highest BCUT2D eigenvalue weighted by molar-refractivity contribution is 7.13. The molecule has 1 aliphatic heterocycles. The third-order valence-corrected chi connectivity index (χ3v) is 5.68. The van der Waals surface area contributed by atoms with E-state index in [1.165, 1.54) is 16.2 Å². The Morgan fingerprint density at radius 1 is 1.07 bits per heavy atom. The Labute approximate surface area is 171 Å². The van der Waals surface area contributed by atoms with E-state index in [4.69, 9.17) is 9.15 Å². The summed E-state index contributed by atoms with van der Waals surface area (Å²) in [6, 6.07) is 10.8. The van der Waals surface area contributed by atoms with E-state index in [2.05, 4.69) is 10.2 Å². The maximum atomic E-state index is 12.6. The second-order valence-electron chi connectivity index (χ2n) is 6.71. The Balaban J connectivity index is 1.42. The van der Waals surface area contributed by atoms with Crippen LogP contribution in [-0.2, 0) is 11.3 Å². The third-order valence-electron chi connectivity index (χ3n) is 4.83. The first-order valence-electron chi connectivity index (χ1n) is 9.31. The molecule has 0 radical (unpaired) electrons. The lowest BCUT2D eigenvalue weighted by Gasteiger charge is -2.20. The van der Waals surface area contributed by atoms with Gasteiger partial charge in [-0.2, -0.15) is 0 Å². The van der Waals surface area contributed by atoms with Gasteiger partial charge in [-0.3, -0.25) is 14.5 Å². The number of carbonyl (C=O) groups is 2. The van der Waals surface area contributed by atoms with Crippen LogP contribution in [0, 0.1) is 0 Å². The molecule has 0 aliphatic carbocycles. The van der Waals surface area contributed by atoms with Crippen molar-refractivity contribution in [1.82, 2.24) is 15.1 Å². The van der Waals surface area contributed by atoms with Crippen molar-refractivity contribution in [3.8, 4) is 10.8 Å². The van der Waals surface area contributed by atoms with Gasteiger partial charge >= 0.3 is 0 Å². The number of thiophene rings is 1. The van der Waals surface area contributed by atoms with Crippen LogP contribution >= 0.6 is 11.3 Å². The SMILES string of the molecule is COCC[NH+](CCN1C(=O)c2ccccc2C1=O)Cc1nnc(-c2cccs2)o1. The summed E-state index contributed by atoms with van der Waals surface area (Å²) in [6.07, 6.45) is 0. The molecule has 1 N–H and O–H groups in total. The zero-order chi connectivity index (χ0) is 20.2. The van der Waals surface area contributed by atoms with E-state index in [9.17, 15) is 9.59 Å². The molecule has 8 nitrogen and oxygen atoms in total. The molecule has 1 aromatic carbocycles. The van der Waals surface area contributed by atoms with Crippen LogP contribution in [0.3, 0.4) is 0 Å².